The zero-order valence-electron chi connectivity index (χ0n) is 21.7. The van der Waals surface area contributed by atoms with E-state index in [1.165, 1.54) is 39.4 Å². The van der Waals surface area contributed by atoms with E-state index in [1.54, 1.807) is 6.92 Å². The molecule has 198 valence electrons. The van der Waals surface area contributed by atoms with E-state index in [9.17, 15) is 19.2 Å². The minimum absolute atomic E-state index is 0.178. The molecule has 2 saturated carbocycles. The molecule has 1 aliphatic heterocycles. The van der Waals surface area contributed by atoms with Crippen LogP contribution in [0.1, 0.15) is 71.7 Å². The van der Waals surface area contributed by atoms with Gasteiger partial charge in [-0.05, 0) is 45.6 Å². The van der Waals surface area contributed by atoms with Crippen molar-refractivity contribution < 1.29 is 47.3 Å². The number of furan rings is 1. The summed E-state index contributed by atoms with van der Waals surface area (Å²) in [6.07, 6.45) is -0.108. The predicted octanol–water partition coefficient (Wildman–Crippen LogP) is 3.21. The highest BCUT2D eigenvalue weighted by Crippen LogP contribution is 2.68. The molecule has 10 heteroatoms. The standard InChI is InChI=1S/C26H34O10/c1-13-8-9-18(32-14(2)27)25(7)22(35-23(30)17-10-11-31-12-17)20(33-15(3)28)19-21(34-16(4)29)26(13,25)36-24(19,5)6/h10-13,18-22H,8-9H2,1-7H3/t13-,18+,19-,20?,21-,22+,25+,26+/m1/s1. The Bertz CT molecular complexity index is 1050. The fourth-order valence-corrected chi connectivity index (χ4v) is 6.99. The molecule has 3 aliphatic rings. The van der Waals surface area contributed by atoms with Crippen molar-refractivity contribution in [3.05, 3.63) is 24.2 Å². The molecule has 1 spiro atoms. The summed E-state index contributed by atoms with van der Waals surface area (Å²) in [4.78, 5) is 50.2. The fraction of sp³-hybridized carbons (Fsp3) is 0.692. The number of rotatable bonds is 5. The van der Waals surface area contributed by atoms with Crippen molar-refractivity contribution in [2.75, 3.05) is 0 Å². The number of carbonyl (C=O) groups is 4. The van der Waals surface area contributed by atoms with Crippen molar-refractivity contribution >= 4 is 23.9 Å². The van der Waals surface area contributed by atoms with Gasteiger partial charge in [0.05, 0.1) is 28.8 Å². The highest BCUT2D eigenvalue weighted by atomic mass is 16.6. The summed E-state index contributed by atoms with van der Waals surface area (Å²) in [5.41, 5.74) is -3.23. The number of carbonyl (C=O) groups excluding carboxylic acids is 4. The molecule has 2 heterocycles. The van der Waals surface area contributed by atoms with Gasteiger partial charge in [0.25, 0.3) is 0 Å². The molecule has 3 fully saturated rings. The highest BCUT2D eigenvalue weighted by Gasteiger charge is 2.82. The van der Waals surface area contributed by atoms with Crippen LogP contribution in [0.4, 0.5) is 0 Å². The molecule has 1 aromatic rings. The quantitative estimate of drug-likeness (QED) is 0.434. The van der Waals surface area contributed by atoms with Crippen molar-refractivity contribution in [3.63, 3.8) is 0 Å². The largest absolute Gasteiger partial charge is 0.472 e. The van der Waals surface area contributed by atoms with Crippen LogP contribution < -0.4 is 0 Å². The molecule has 2 aliphatic carbocycles. The van der Waals surface area contributed by atoms with Crippen LogP contribution in [0.2, 0.25) is 0 Å². The monoisotopic (exact) mass is 506 g/mol. The second kappa shape index (κ2) is 8.90. The molecule has 1 unspecified atom stereocenters. The molecule has 4 rings (SSSR count). The van der Waals surface area contributed by atoms with Crippen LogP contribution in [0, 0.1) is 17.3 Å². The molecule has 1 saturated heterocycles. The van der Waals surface area contributed by atoms with Crippen LogP contribution in [0.5, 0.6) is 0 Å². The van der Waals surface area contributed by atoms with Gasteiger partial charge >= 0.3 is 23.9 Å². The number of hydrogen-bond donors (Lipinski definition) is 0. The van der Waals surface area contributed by atoms with E-state index in [4.69, 9.17) is 28.1 Å². The van der Waals surface area contributed by atoms with Crippen LogP contribution in [-0.4, -0.2) is 59.5 Å². The minimum Gasteiger partial charge on any atom is -0.472 e. The van der Waals surface area contributed by atoms with Crippen LogP contribution >= 0.6 is 0 Å². The number of esters is 4. The van der Waals surface area contributed by atoms with Gasteiger partial charge in [0.15, 0.2) is 6.10 Å². The van der Waals surface area contributed by atoms with E-state index in [0.717, 1.165) is 0 Å². The first-order chi connectivity index (χ1) is 16.8. The lowest BCUT2D eigenvalue weighted by Crippen LogP contribution is -2.76. The summed E-state index contributed by atoms with van der Waals surface area (Å²) < 4.78 is 35.6. The lowest BCUT2D eigenvalue weighted by atomic mass is 9.48. The molecule has 36 heavy (non-hydrogen) atoms. The topological polar surface area (TPSA) is 128 Å². The number of hydrogen-bond acceptors (Lipinski definition) is 10. The van der Waals surface area contributed by atoms with Crippen LogP contribution in [0.15, 0.2) is 23.0 Å². The minimum atomic E-state index is -1.25. The normalized spacial score (nSPS) is 38.4. The van der Waals surface area contributed by atoms with Gasteiger partial charge in [-0.2, -0.15) is 0 Å². The Morgan fingerprint density at radius 3 is 2.08 bits per heavy atom. The zero-order valence-corrected chi connectivity index (χ0v) is 21.7. The maximum atomic E-state index is 13.2. The Morgan fingerprint density at radius 1 is 0.889 bits per heavy atom. The first-order valence-electron chi connectivity index (χ1n) is 12.2. The SMILES string of the molecule is CC(=O)OC1[C@@H]2[C@@H](OC(C)=O)[C@@]3(OC2(C)C)[C@H](C)CC[C@H](OC(C)=O)[C@@]3(C)[C@H]1OC(=O)c1ccoc1. The summed E-state index contributed by atoms with van der Waals surface area (Å²) >= 11 is 0. The maximum Gasteiger partial charge on any atom is 0.341 e. The summed E-state index contributed by atoms with van der Waals surface area (Å²) in [7, 11) is 0. The Labute approximate surface area is 209 Å². The van der Waals surface area contributed by atoms with E-state index in [2.05, 4.69) is 0 Å². The molecule has 0 N–H and O–H groups in total. The number of ether oxygens (including phenoxy) is 5. The van der Waals surface area contributed by atoms with Gasteiger partial charge in [-0.1, -0.05) is 6.92 Å². The van der Waals surface area contributed by atoms with E-state index in [1.807, 2.05) is 20.8 Å². The van der Waals surface area contributed by atoms with Gasteiger partial charge < -0.3 is 28.1 Å². The van der Waals surface area contributed by atoms with E-state index < -0.39 is 70.8 Å². The molecule has 0 aromatic carbocycles. The maximum absolute atomic E-state index is 13.2. The lowest BCUT2D eigenvalue weighted by molar-refractivity contribution is -0.299. The molecule has 2 bridgehead atoms. The Hall–Kier alpha value is -2.88. The summed E-state index contributed by atoms with van der Waals surface area (Å²) in [5.74, 6) is -3.18. The van der Waals surface area contributed by atoms with Gasteiger partial charge in [0.2, 0.25) is 0 Å². The van der Waals surface area contributed by atoms with E-state index in [-0.39, 0.29) is 11.5 Å². The second-order valence-electron chi connectivity index (χ2n) is 10.8. The molecule has 8 atom stereocenters. The van der Waals surface area contributed by atoms with Gasteiger partial charge in [0, 0.05) is 20.8 Å². The third kappa shape index (κ3) is 3.81. The van der Waals surface area contributed by atoms with Gasteiger partial charge in [0.1, 0.15) is 30.2 Å². The van der Waals surface area contributed by atoms with Crippen LogP contribution in [0.25, 0.3) is 0 Å². The average Bonchev–Trinajstić information content (AvgIpc) is 3.35. The van der Waals surface area contributed by atoms with Gasteiger partial charge in [-0.3, -0.25) is 14.4 Å². The molecule has 0 radical (unpaired) electrons. The first kappa shape index (κ1) is 26.2. The van der Waals surface area contributed by atoms with Crippen molar-refractivity contribution in [2.45, 2.75) is 96.9 Å². The first-order valence-corrected chi connectivity index (χ1v) is 12.2. The summed E-state index contributed by atoms with van der Waals surface area (Å²) in [6, 6.07) is 1.47. The smallest absolute Gasteiger partial charge is 0.341 e. The molecule has 1 aromatic heterocycles. The average molecular weight is 507 g/mol. The van der Waals surface area contributed by atoms with Crippen molar-refractivity contribution in [1.82, 2.24) is 0 Å². The summed E-state index contributed by atoms with van der Waals surface area (Å²) in [5, 5.41) is 0. The van der Waals surface area contributed by atoms with Gasteiger partial charge in [-0.25, -0.2) is 4.79 Å². The molecular formula is C26H34O10. The fourth-order valence-electron chi connectivity index (χ4n) is 6.99. The van der Waals surface area contributed by atoms with Crippen molar-refractivity contribution in [3.8, 4) is 0 Å². The van der Waals surface area contributed by atoms with Crippen LogP contribution in [-0.2, 0) is 38.1 Å². The second-order valence-corrected chi connectivity index (χ2v) is 10.8. The highest BCUT2D eigenvalue weighted by molar-refractivity contribution is 5.89. The molecular weight excluding hydrogens is 472 g/mol. The van der Waals surface area contributed by atoms with Crippen molar-refractivity contribution in [1.29, 1.82) is 0 Å². The zero-order chi connectivity index (χ0) is 26.6. The third-order valence-electron chi connectivity index (χ3n) is 8.23. The van der Waals surface area contributed by atoms with E-state index >= 15 is 0 Å². The summed E-state index contributed by atoms with van der Waals surface area (Å²) in [6.45, 7) is 11.3. The number of fused-ring (bicyclic) bond motifs is 1. The molecule has 10 nitrogen and oxygen atoms in total. The van der Waals surface area contributed by atoms with Crippen LogP contribution in [0.3, 0.4) is 0 Å². The molecule has 0 amide bonds. The van der Waals surface area contributed by atoms with Crippen molar-refractivity contribution in [2.24, 2.45) is 17.3 Å². The Kier molecular flexibility index (Phi) is 6.47. The lowest BCUT2D eigenvalue weighted by Gasteiger charge is -2.62. The Balaban J connectivity index is 1.97. The third-order valence-corrected chi connectivity index (χ3v) is 8.23. The van der Waals surface area contributed by atoms with E-state index in [0.29, 0.717) is 12.8 Å². The predicted molar refractivity (Wildman–Crippen MR) is 122 cm³/mol. The Morgan fingerprint density at radius 2 is 1.53 bits per heavy atom. The van der Waals surface area contributed by atoms with Gasteiger partial charge in [-0.15, -0.1) is 0 Å².